The molecule has 0 amide bonds. The van der Waals surface area contributed by atoms with E-state index >= 15 is 0 Å². The van der Waals surface area contributed by atoms with Crippen molar-refractivity contribution < 1.29 is 4.79 Å². The number of piperidine rings is 1. The lowest BCUT2D eigenvalue weighted by Crippen LogP contribution is -2.48. The second kappa shape index (κ2) is 6.33. The fourth-order valence-corrected chi connectivity index (χ4v) is 4.24. The minimum absolute atomic E-state index is 0.141. The summed E-state index contributed by atoms with van der Waals surface area (Å²) < 4.78 is 0. The normalized spacial score (nSPS) is 25.1. The molecule has 0 aliphatic carbocycles. The number of carbonyl (C=O) groups is 1. The molecule has 3 rings (SSSR count). The number of Topliss-reactive ketones (excluding diaryl/α,β-unsaturated/α-hetero) is 1. The summed E-state index contributed by atoms with van der Waals surface area (Å²) in [5, 5.41) is 6.41. The molecule has 0 spiro atoms. The van der Waals surface area contributed by atoms with Crippen molar-refractivity contribution in [2.45, 2.75) is 51.1 Å². The maximum Gasteiger partial charge on any atom is 0.156 e. The summed E-state index contributed by atoms with van der Waals surface area (Å²) in [6.07, 6.45) is 5.08. The van der Waals surface area contributed by atoms with Crippen LogP contribution in [0.15, 0.2) is 5.38 Å². The van der Waals surface area contributed by atoms with Crippen LogP contribution in [0.5, 0.6) is 0 Å². The molecule has 0 saturated carbocycles. The second-order valence-corrected chi connectivity index (χ2v) is 6.85. The molecule has 20 heavy (non-hydrogen) atoms. The zero-order chi connectivity index (χ0) is 13.9. The first kappa shape index (κ1) is 14.2. The van der Waals surface area contributed by atoms with Gasteiger partial charge in [-0.15, -0.1) is 11.3 Å². The number of ketones is 1. The van der Waals surface area contributed by atoms with Gasteiger partial charge in [0.25, 0.3) is 0 Å². The van der Waals surface area contributed by atoms with Crippen LogP contribution in [0.3, 0.4) is 0 Å². The van der Waals surface area contributed by atoms with Crippen molar-refractivity contribution in [3.8, 4) is 0 Å². The molecule has 1 aromatic rings. The SMILES string of the molecule is Cc1csc(CC(=O)C2CCCN2C2CCNCC2)n1. The number of nitrogens with one attached hydrogen (secondary N) is 1. The van der Waals surface area contributed by atoms with Gasteiger partial charge in [-0.3, -0.25) is 9.69 Å². The van der Waals surface area contributed by atoms with Gasteiger partial charge < -0.3 is 5.32 Å². The monoisotopic (exact) mass is 293 g/mol. The van der Waals surface area contributed by atoms with E-state index < -0.39 is 0 Å². The van der Waals surface area contributed by atoms with E-state index in [0.717, 1.165) is 43.2 Å². The molecule has 0 radical (unpaired) electrons. The van der Waals surface area contributed by atoms with Gasteiger partial charge >= 0.3 is 0 Å². The third-order valence-corrected chi connectivity index (χ3v) is 5.40. The number of aromatic nitrogens is 1. The average molecular weight is 293 g/mol. The zero-order valence-corrected chi connectivity index (χ0v) is 12.9. The highest BCUT2D eigenvalue weighted by Gasteiger charge is 2.35. The van der Waals surface area contributed by atoms with Crippen molar-refractivity contribution in [3.63, 3.8) is 0 Å². The number of rotatable bonds is 4. The Bertz CT molecular complexity index is 467. The van der Waals surface area contributed by atoms with Crippen molar-refractivity contribution >= 4 is 17.1 Å². The van der Waals surface area contributed by atoms with Gasteiger partial charge in [0.1, 0.15) is 5.01 Å². The molecule has 2 aliphatic heterocycles. The molecule has 3 heterocycles. The largest absolute Gasteiger partial charge is 0.317 e. The number of hydrogen-bond acceptors (Lipinski definition) is 5. The number of carbonyl (C=O) groups excluding carboxylic acids is 1. The summed E-state index contributed by atoms with van der Waals surface area (Å²) in [6, 6.07) is 0.744. The molecule has 0 bridgehead atoms. The summed E-state index contributed by atoms with van der Waals surface area (Å²) >= 11 is 1.61. The third kappa shape index (κ3) is 3.10. The van der Waals surface area contributed by atoms with Gasteiger partial charge in [0, 0.05) is 17.1 Å². The first-order chi connectivity index (χ1) is 9.74. The predicted octanol–water partition coefficient (Wildman–Crippen LogP) is 1.78. The fourth-order valence-electron chi connectivity index (χ4n) is 3.46. The lowest BCUT2D eigenvalue weighted by molar-refractivity contribution is -0.123. The van der Waals surface area contributed by atoms with Crippen molar-refractivity contribution in [2.24, 2.45) is 0 Å². The van der Waals surface area contributed by atoms with Crippen molar-refractivity contribution in [1.29, 1.82) is 0 Å². The highest BCUT2D eigenvalue weighted by molar-refractivity contribution is 7.09. The average Bonchev–Trinajstić information content (AvgIpc) is 3.09. The fraction of sp³-hybridized carbons (Fsp3) is 0.733. The standard InChI is InChI=1S/C15H23N3OS/c1-11-10-20-15(17-11)9-14(19)13-3-2-8-18(13)12-4-6-16-7-5-12/h10,12-13,16H,2-9H2,1H3. The summed E-state index contributed by atoms with van der Waals surface area (Å²) in [5.41, 5.74) is 1.03. The first-order valence-electron chi connectivity index (χ1n) is 7.64. The zero-order valence-electron chi connectivity index (χ0n) is 12.1. The molecule has 4 nitrogen and oxygen atoms in total. The Morgan fingerprint density at radius 2 is 2.25 bits per heavy atom. The molecular formula is C15H23N3OS. The number of hydrogen-bond donors (Lipinski definition) is 1. The lowest BCUT2D eigenvalue weighted by Gasteiger charge is -2.35. The van der Waals surface area contributed by atoms with Crippen LogP contribution >= 0.6 is 11.3 Å². The summed E-state index contributed by atoms with van der Waals surface area (Å²) in [5.74, 6) is 0.371. The van der Waals surface area contributed by atoms with E-state index in [1.54, 1.807) is 11.3 Å². The van der Waals surface area contributed by atoms with E-state index in [0.29, 0.717) is 18.2 Å². The maximum atomic E-state index is 12.6. The lowest BCUT2D eigenvalue weighted by atomic mass is 10.0. The van der Waals surface area contributed by atoms with E-state index in [1.807, 2.05) is 12.3 Å². The van der Waals surface area contributed by atoms with Crippen molar-refractivity contribution in [1.82, 2.24) is 15.2 Å². The number of nitrogens with zero attached hydrogens (tertiary/aromatic N) is 2. The topological polar surface area (TPSA) is 45.2 Å². The predicted molar refractivity (Wildman–Crippen MR) is 81.2 cm³/mol. The number of likely N-dealkylation sites (tertiary alicyclic amines) is 1. The van der Waals surface area contributed by atoms with Gasteiger partial charge in [0.15, 0.2) is 5.78 Å². The Morgan fingerprint density at radius 1 is 1.45 bits per heavy atom. The Hall–Kier alpha value is -0.780. The molecule has 2 fully saturated rings. The van der Waals surface area contributed by atoms with E-state index in [2.05, 4.69) is 15.2 Å². The molecule has 2 saturated heterocycles. The molecule has 1 aromatic heterocycles. The Kier molecular flexibility index (Phi) is 4.48. The third-order valence-electron chi connectivity index (χ3n) is 4.44. The molecule has 0 aromatic carbocycles. The van der Waals surface area contributed by atoms with Gasteiger partial charge in [-0.1, -0.05) is 0 Å². The quantitative estimate of drug-likeness (QED) is 0.919. The van der Waals surface area contributed by atoms with Gasteiger partial charge in [-0.2, -0.15) is 0 Å². The highest BCUT2D eigenvalue weighted by atomic mass is 32.1. The van der Waals surface area contributed by atoms with Crippen LogP contribution in [-0.4, -0.2) is 47.4 Å². The van der Waals surface area contributed by atoms with Crippen LogP contribution in [0.25, 0.3) is 0 Å². The molecule has 2 aliphatic rings. The van der Waals surface area contributed by atoms with Crippen LogP contribution in [0.2, 0.25) is 0 Å². The van der Waals surface area contributed by atoms with Crippen LogP contribution in [0, 0.1) is 6.92 Å². The molecule has 1 unspecified atom stereocenters. The van der Waals surface area contributed by atoms with E-state index in [-0.39, 0.29) is 6.04 Å². The molecule has 5 heteroatoms. The van der Waals surface area contributed by atoms with Crippen LogP contribution < -0.4 is 5.32 Å². The van der Waals surface area contributed by atoms with Gasteiger partial charge in [0.05, 0.1) is 12.5 Å². The van der Waals surface area contributed by atoms with Gasteiger partial charge in [-0.25, -0.2) is 4.98 Å². The van der Waals surface area contributed by atoms with E-state index in [4.69, 9.17) is 0 Å². The van der Waals surface area contributed by atoms with E-state index in [1.165, 1.54) is 12.8 Å². The molecule has 1 atom stereocenters. The Morgan fingerprint density at radius 3 is 2.95 bits per heavy atom. The Labute approximate surface area is 124 Å². The Balaban J connectivity index is 1.63. The first-order valence-corrected chi connectivity index (χ1v) is 8.52. The summed E-state index contributed by atoms with van der Waals surface area (Å²) in [4.78, 5) is 19.5. The number of aryl methyl sites for hydroxylation is 1. The van der Waals surface area contributed by atoms with E-state index in [9.17, 15) is 4.79 Å². The second-order valence-electron chi connectivity index (χ2n) is 5.90. The van der Waals surface area contributed by atoms with Crippen molar-refractivity contribution in [2.75, 3.05) is 19.6 Å². The molecular weight excluding hydrogens is 270 g/mol. The van der Waals surface area contributed by atoms with Crippen LogP contribution in [0.4, 0.5) is 0 Å². The molecule has 1 N–H and O–H groups in total. The minimum Gasteiger partial charge on any atom is -0.317 e. The van der Waals surface area contributed by atoms with Crippen LogP contribution in [0.1, 0.15) is 36.4 Å². The summed E-state index contributed by atoms with van der Waals surface area (Å²) in [6.45, 7) is 5.26. The van der Waals surface area contributed by atoms with Crippen LogP contribution in [-0.2, 0) is 11.2 Å². The summed E-state index contributed by atoms with van der Waals surface area (Å²) in [7, 11) is 0. The molecule has 110 valence electrons. The van der Waals surface area contributed by atoms with Gasteiger partial charge in [0.2, 0.25) is 0 Å². The maximum absolute atomic E-state index is 12.6. The highest BCUT2D eigenvalue weighted by Crippen LogP contribution is 2.26. The van der Waals surface area contributed by atoms with Crippen molar-refractivity contribution in [3.05, 3.63) is 16.1 Å². The number of thiazole rings is 1. The minimum atomic E-state index is 0.141. The smallest absolute Gasteiger partial charge is 0.156 e. The van der Waals surface area contributed by atoms with Gasteiger partial charge in [-0.05, 0) is 52.2 Å².